The standard InChI is InChI=1S/C8H8F4N2O/c1-15-3-2-13-6-4(9)7(11)14-8(12)5(6)10/h2-3H2,1H3,(H,13,14). The smallest absolute Gasteiger partial charge is 0.253 e. The molecule has 0 amide bonds. The summed E-state index contributed by atoms with van der Waals surface area (Å²) in [6.07, 6.45) is 0. The highest BCUT2D eigenvalue weighted by Crippen LogP contribution is 2.21. The predicted molar refractivity (Wildman–Crippen MR) is 44.4 cm³/mol. The molecule has 1 rings (SSSR count). The van der Waals surface area contributed by atoms with Crippen LogP contribution in [0.2, 0.25) is 0 Å². The van der Waals surface area contributed by atoms with Crippen molar-refractivity contribution in [1.82, 2.24) is 4.98 Å². The maximum atomic E-state index is 12.9. The first-order valence-corrected chi connectivity index (χ1v) is 4.00. The van der Waals surface area contributed by atoms with Crippen molar-refractivity contribution in [2.24, 2.45) is 0 Å². The van der Waals surface area contributed by atoms with Crippen LogP contribution in [0, 0.1) is 23.5 Å². The number of halogens is 4. The van der Waals surface area contributed by atoms with Crippen molar-refractivity contribution in [3.8, 4) is 0 Å². The minimum atomic E-state index is -1.69. The Labute approximate surface area is 83.1 Å². The van der Waals surface area contributed by atoms with Crippen molar-refractivity contribution >= 4 is 5.69 Å². The van der Waals surface area contributed by atoms with Gasteiger partial charge in [0.15, 0.2) is 0 Å². The van der Waals surface area contributed by atoms with Gasteiger partial charge in [0.1, 0.15) is 5.69 Å². The van der Waals surface area contributed by atoms with Crippen molar-refractivity contribution in [2.75, 3.05) is 25.6 Å². The zero-order chi connectivity index (χ0) is 11.4. The third kappa shape index (κ3) is 2.56. The zero-order valence-corrected chi connectivity index (χ0v) is 7.78. The molecular formula is C8H8F4N2O. The molecule has 0 saturated heterocycles. The van der Waals surface area contributed by atoms with Gasteiger partial charge < -0.3 is 10.1 Å². The molecule has 0 spiro atoms. The molecule has 1 N–H and O–H groups in total. The van der Waals surface area contributed by atoms with Crippen LogP contribution in [0.15, 0.2) is 0 Å². The number of hydrogen-bond donors (Lipinski definition) is 1. The summed E-state index contributed by atoms with van der Waals surface area (Å²) >= 11 is 0. The predicted octanol–water partition coefficient (Wildman–Crippen LogP) is 1.70. The van der Waals surface area contributed by atoms with Crippen LogP contribution in [0.5, 0.6) is 0 Å². The number of anilines is 1. The van der Waals surface area contributed by atoms with Crippen molar-refractivity contribution < 1.29 is 22.3 Å². The van der Waals surface area contributed by atoms with Gasteiger partial charge in [-0.05, 0) is 0 Å². The van der Waals surface area contributed by atoms with E-state index in [0.717, 1.165) is 0 Å². The van der Waals surface area contributed by atoms with Gasteiger partial charge in [-0.1, -0.05) is 0 Å². The highest BCUT2D eigenvalue weighted by molar-refractivity contribution is 5.45. The summed E-state index contributed by atoms with van der Waals surface area (Å²) in [5, 5.41) is 2.17. The number of nitrogens with one attached hydrogen (secondary N) is 1. The number of methoxy groups -OCH3 is 1. The molecule has 0 fully saturated rings. The molecular weight excluding hydrogens is 216 g/mol. The van der Waals surface area contributed by atoms with Crippen LogP contribution < -0.4 is 5.32 Å². The van der Waals surface area contributed by atoms with Crippen LogP contribution in [-0.2, 0) is 4.74 Å². The molecule has 3 nitrogen and oxygen atoms in total. The van der Waals surface area contributed by atoms with E-state index in [-0.39, 0.29) is 13.2 Å². The van der Waals surface area contributed by atoms with Gasteiger partial charge in [0.05, 0.1) is 6.61 Å². The normalized spacial score (nSPS) is 10.5. The molecule has 0 aliphatic rings. The highest BCUT2D eigenvalue weighted by atomic mass is 19.2. The largest absolute Gasteiger partial charge is 0.383 e. The highest BCUT2D eigenvalue weighted by Gasteiger charge is 2.19. The minimum Gasteiger partial charge on any atom is -0.383 e. The lowest BCUT2D eigenvalue weighted by Gasteiger charge is -2.08. The molecule has 0 radical (unpaired) electrons. The average molecular weight is 224 g/mol. The molecule has 0 aromatic carbocycles. The molecule has 84 valence electrons. The average Bonchev–Trinajstić information content (AvgIpc) is 2.20. The van der Waals surface area contributed by atoms with E-state index in [4.69, 9.17) is 0 Å². The summed E-state index contributed by atoms with van der Waals surface area (Å²) in [5.41, 5.74) is -0.878. The van der Waals surface area contributed by atoms with Gasteiger partial charge in [0.25, 0.3) is 11.9 Å². The van der Waals surface area contributed by atoms with Crippen molar-refractivity contribution in [1.29, 1.82) is 0 Å². The first-order valence-electron chi connectivity index (χ1n) is 4.00. The fourth-order valence-electron chi connectivity index (χ4n) is 0.920. The molecule has 7 heteroatoms. The molecule has 1 aromatic heterocycles. The van der Waals surface area contributed by atoms with Gasteiger partial charge in [-0.25, -0.2) is 0 Å². The lowest BCUT2D eigenvalue weighted by Crippen LogP contribution is -2.13. The summed E-state index contributed by atoms with van der Waals surface area (Å²) in [6.45, 7) is 0.164. The number of aromatic nitrogens is 1. The maximum absolute atomic E-state index is 12.9. The van der Waals surface area contributed by atoms with Gasteiger partial charge >= 0.3 is 0 Å². The van der Waals surface area contributed by atoms with Crippen LogP contribution in [0.1, 0.15) is 0 Å². The molecule has 1 heterocycles. The van der Waals surface area contributed by atoms with E-state index in [9.17, 15) is 17.6 Å². The lowest BCUT2D eigenvalue weighted by molar-refractivity contribution is 0.210. The summed E-state index contributed by atoms with van der Waals surface area (Å²) in [7, 11) is 1.38. The zero-order valence-electron chi connectivity index (χ0n) is 7.78. The van der Waals surface area contributed by atoms with E-state index in [1.807, 2.05) is 0 Å². The Morgan fingerprint density at radius 2 is 1.67 bits per heavy atom. The van der Waals surface area contributed by atoms with Gasteiger partial charge in [0, 0.05) is 13.7 Å². The van der Waals surface area contributed by atoms with Gasteiger partial charge in [0.2, 0.25) is 11.6 Å². The van der Waals surface area contributed by atoms with E-state index in [2.05, 4.69) is 15.0 Å². The Morgan fingerprint density at radius 3 is 2.13 bits per heavy atom. The second-order valence-electron chi connectivity index (χ2n) is 2.62. The minimum absolute atomic E-state index is 0.0211. The quantitative estimate of drug-likeness (QED) is 0.480. The fraction of sp³-hybridized carbons (Fsp3) is 0.375. The van der Waals surface area contributed by atoms with Crippen LogP contribution in [0.3, 0.4) is 0 Å². The number of rotatable bonds is 4. The first kappa shape index (κ1) is 11.7. The number of nitrogens with zero attached hydrogens (tertiary/aromatic N) is 1. The SMILES string of the molecule is COCCNc1c(F)c(F)nc(F)c1F. The second-order valence-corrected chi connectivity index (χ2v) is 2.62. The third-order valence-electron chi connectivity index (χ3n) is 1.61. The lowest BCUT2D eigenvalue weighted by atomic mass is 10.3. The molecule has 0 saturated carbocycles. The molecule has 0 aliphatic heterocycles. The molecule has 0 aliphatic carbocycles. The summed E-state index contributed by atoms with van der Waals surface area (Å²) in [4.78, 5) is 2.41. The Balaban J connectivity index is 2.94. The topological polar surface area (TPSA) is 34.1 Å². The van der Waals surface area contributed by atoms with Crippen LogP contribution in [0.4, 0.5) is 23.2 Å². The number of pyridine rings is 1. The Bertz CT molecular complexity index is 333. The molecule has 0 bridgehead atoms. The van der Waals surface area contributed by atoms with Crippen molar-refractivity contribution in [2.45, 2.75) is 0 Å². The summed E-state index contributed by atoms with van der Waals surface area (Å²) in [5.74, 6) is -6.47. The van der Waals surface area contributed by atoms with E-state index in [1.165, 1.54) is 7.11 Å². The molecule has 0 unspecified atom stereocenters. The number of ether oxygens (including phenoxy) is 1. The van der Waals surface area contributed by atoms with Gasteiger partial charge in [-0.15, -0.1) is 0 Å². The Hall–Kier alpha value is -1.37. The first-order chi connectivity index (χ1) is 7.07. The van der Waals surface area contributed by atoms with Crippen molar-refractivity contribution in [3.05, 3.63) is 23.5 Å². The second kappa shape index (κ2) is 4.92. The maximum Gasteiger partial charge on any atom is 0.253 e. The molecule has 15 heavy (non-hydrogen) atoms. The van der Waals surface area contributed by atoms with E-state index >= 15 is 0 Å². The summed E-state index contributed by atoms with van der Waals surface area (Å²) in [6, 6.07) is 0. The van der Waals surface area contributed by atoms with E-state index in [0.29, 0.717) is 0 Å². The molecule has 1 aromatic rings. The Morgan fingerprint density at radius 1 is 1.13 bits per heavy atom. The van der Waals surface area contributed by atoms with Crippen LogP contribution in [0.25, 0.3) is 0 Å². The molecule has 0 atom stereocenters. The van der Waals surface area contributed by atoms with Gasteiger partial charge in [-0.2, -0.15) is 22.5 Å². The number of hydrogen-bond acceptors (Lipinski definition) is 3. The fourth-order valence-corrected chi connectivity index (χ4v) is 0.920. The summed E-state index contributed by atoms with van der Waals surface area (Å²) < 4.78 is 55.6. The van der Waals surface area contributed by atoms with E-state index < -0.39 is 29.2 Å². The van der Waals surface area contributed by atoms with Crippen molar-refractivity contribution in [3.63, 3.8) is 0 Å². The van der Waals surface area contributed by atoms with E-state index in [1.54, 1.807) is 0 Å². The third-order valence-corrected chi connectivity index (χ3v) is 1.61. The Kier molecular flexibility index (Phi) is 3.84. The van der Waals surface area contributed by atoms with Crippen LogP contribution in [-0.4, -0.2) is 25.2 Å². The van der Waals surface area contributed by atoms with Gasteiger partial charge in [-0.3, -0.25) is 0 Å². The van der Waals surface area contributed by atoms with Crippen LogP contribution >= 0.6 is 0 Å². The monoisotopic (exact) mass is 224 g/mol.